The van der Waals surface area contributed by atoms with Crippen LogP contribution in [0, 0.1) is 11.8 Å². The van der Waals surface area contributed by atoms with E-state index in [1.165, 1.54) is 17.1 Å². The Morgan fingerprint density at radius 3 is 3.22 bits per heavy atom. The second-order valence-electron chi connectivity index (χ2n) is 7.46. The van der Waals surface area contributed by atoms with Gasteiger partial charge in [0.25, 0.3) is 0 Å². The molecule has 1 amide bonds. The number of hydrogen-bond acceptors (Lipinski definition) is 6. The van der Waals surface area contributed by atoms with E-state index in [9.17, 15) is 4.79 Å². The molecule has 0 saturated carbocycles. The third kappa shape index (κ3) is 4.03. The summed E-state index contributed by atoms with van der Waals surface area (Å²) in [6.45, 7) is 5.18. The normalized spacial score (nSPS) is 15.5. The number of benzene rings is 1. The lowest BCUT2D eigenvalue weighted by molar-refractivity contribution is -0.125. The van der Waals surface area contributed by atoms with Crippen molar-refractivity contribution in [1.29, 1.82) is 0 Å². The minimum atomic E-state index is -0.0428. The van der Waals surface area contributed by atoms with Gasteiger partial charge in [-0.1, -0.05) is 18.6 Å². The third-order valence-corrected chi connectivity index (χ3v) is 6.30. The molecule has 1 fully saturated rings. The highest BCUT2D eigenvalue weighted by Crippen LogP contribution is 2.29. The average molecular weight is 444 g/mol. The van der Waals surface area contributed by atoms with Crippen LogP contribution in [0.4, 0.5) is 5.82 Å². The topological polar surface area (TPSA) is 83.1 Å². The maximum Gasteiger partial charge on any atom is 0.246 e. The largest absolute Gasteiger partial charge is 0.480 e. The summed E-state index contributed by atoms with van der Waals surface area (Å²) in [6, 6.07) is 10.2. The van der Waals surface area contributed by atoms with Crippen molar-refractivity contribution in [3.63, 3.8) is 0 Å². The van der Waals surface area contributed by atoms with Crippen molar-refractivity contribution in [2.45, 2.75) is 12.5 Å². The zero-order chi connectivity index (χ0) is 21.9. The van der Waals surface area contributed by atoms with Gasteiger partial charge in [-0.25, -0.2) is 9.97 Å². The third-order valence-electron chi connectivity index (χ3n) is 5.42. The number of carbonyl (C=O) groups excluding carboxylic acids is 1. The smallest absolute Gasteiger partial charge is 0.246 e. The molecular weight excluding hydrogens is 422 g/mol. The SMILES string of the molecule is C=CC(=O)N1CC[C@@H](Nc2ncnc3[nH]c(C#CCOc4cccc5sccc45)cc23)C1. The fourth-order valence-corrected chi connectivity index (χ4v) is 4.66. The second-order valence-corrected chi connectivity index (χ2v) is 8.41. The summed E-state index contributed by atoms with van der Waals surface area (Å²) in [5, 5.41) is 7.47. The molecule has 4 aromatic rings. The van der Waals surface area contributed by atoms with E-state index in [4.69, 9.17) is 4.74 Å². The quantitative estimate of drug-likeness (QED) is 0.362. The van der Waals surface area contributed by atoms with Gasteiger partial charge < -0.3 is 19.9 Å². The Bertz CT molecular complexity index is 1360. The maximum absolute atomic E-state index is 11.8. The lowest BCUT2D eigenvalue weighted by Gasteiger charge is -2.15. The minimum Gasteiger partial charge on any atom is -0.480 e. The van der Waals surface area contributed by atoms with Crippen LogP contribution in [0.2, 0.25) is 0 Å². The van der Waals surface area contributed by atoms with Gasteiger partial charge >= 0.3 is 0 Å². The summed E-state index contributed by atoms with van der Waals surface area (Å²) in [4.78, 5) is 25.5. The van der Waals surface area contributed by atoms with Crippen molar-refractivity contribution in [2.24, 2.45) is 0 Å². The molecule has 5 rings (SSSR count). The number of aromatic amines is 1. The average Bonchev–Trinajstić information content (AvgIpc) is 3.55. The van der Waals surface area contributed by atoms with Crippen LogP contribution >= 0.6 is 11.3 Å². The molecule has 0 bridgehead atoms. The summed E-state index contributed by atoms with van der Waals surface area (Å²) in [6.07, 6.45) is 3.73. The summed E-state index contributed by atoms with van der Waals surface area (Å²) in [5.41, 5.74) is 1.46. The van der Waals surface area contributed by atoms with E-state index in [-0.39, 0.29) is 18.6 Å². The molecule has 0 unspecified atom stereocenters. The van der Waals surface area contributed by atoms with Crippen LogP contribution in [0.25, 0.3) is 21.1 Å². The Balaban J connectivity index is 1.27. The Kier molecular flexibility index (Phi) is 5.48. The first-order valence-electron chi connectivity index (χ1n) is 10.3. The fraction of sp³-hybridized carbons (Fsp3) is 0.208. The van der Waals surface area contributed by atoms with Gasteiger partial charge in [-0.15, -0.1) is 11.3 Å². The Morgan fingerprint density at radius 1 is 1.38 bits per heavy atom. The molecule has 0 spiro atoms. The number of thiophene rings is 1. The number of anilines is 1. The van der Waals surface area contributed by atoms with Crippen molar-refractivity contribution in [1.82, 2.24) is 19.9 Å². The molecule has 1 aliphatic rings. The van der Waals surface area contributed by atoms with E-state index in [0.717, 1.165) is 34.5 Å². The predicted octanol–water partition coefficient (Wildman–Crippen LogP) is 3.80. The van der Waals surface area contributed by atoms with Crippen LogP contribution in [0.5, 0.6) is 5.75 Å². The Morgan fingerprint density at radius 2 is 2.31 bits per heavy atom. The summed E-state index contributed by atoms with van der Waals surface area (Å²) in [7, 11) is 0. The Hall–Kier alpha value is -3.83. The summed E-state index contributed by atoms with van der Waals surface area (Å²) < 4.78 is 7.06. The number of carbonyl (C=O) groups is 1. The highest BCUT2D eigenvalue weighted by atomic mass is 32.1. The molecule has 8 heteroatoms. The van der Waals surface area contributed by atoms with E-state index in [1.54, 1.807) is 16.2 Å². The van der Waals surface area contributed by atoms with Crippen molar-refractivity contribution in [2.75, 3.05) is 25.0 Å². The molecule has 7 nitrogen and oxygen atoms in total. The van der Waals surface area contributed by atoms with E-state index < -0.39 is 0 Å². The fourth-order valence-electron chi connectivity index (χ4n) is 3.86. The highest BCUT2D eigenvalue weighted by Gasteiger charge is 2.25. The number of hydrogen-bond donors (Lipinski definition) is 2. The highest BCUT2D eigenvalue weighted by molar-refractivity contribution is 7.17. The molecule has 4 heterocycles. The summed E-state index contributed by atoms with van der Waals surface area (Å²) >= 11 is 1.69. The molecule has 3 aromatic heterocycles. The zero-order valence-corrected chi connectivity index (χ0v) is 18.1. The monoisotopic (exact) mass is 443 g/mol. The Labute approximate surface area is 189 Å². The molecule has 160 valence electrons. The van der Waals surface area contributed by atoms with Gasteiger partial charge in [-0.3, -0.25) is 4.79 Å². The number of nitrogens with zero attached hydrogens (tertiary/aromatic N) is 3. The number of aromatic nitrogens is 3. The van der Waals surface area contributed by atoms with Crippen LogP contribution in [0.1, 0.15) is 12.1 Å². The lowest BCUT2D eigenvalue weighted by Crippen LogP contribution is -2.30. The van der Waals surface area contributed by atoms with Crippen LogP contribution in [-0.4, -0.2) is 51.5 Å². The van der Waals surface area contributed by atoms with Gasteiger partial charge in [-0.2, -0.15) is 0 Å². The first-order chi connectivity index (χ1) is 15.7. The summed E-state index contributed by atoms with van der Waals surface area (Å²) in [5.74, 6) is 7.70. The predicted molar refractivity (Wildman–Crippen MR) is 127 cm³/mol. The molecule has 1 aromatic carbocycles. The molecule has 1 saturated heterocycles. The zero-order valence-electron chi connectivity index (χ0n) is 17.3. The first kappa shape index (κ1) is 20.1. The molecule has 2 N–H and O–H groups in total. The number of rotatable bonds is 5. The van der Waals surface area contributed by atoms with Crippen LogP contribution < -0.4 is 10.1 Å². The van der Waals surface area contributed by atoms with Crippen molar-refractivity contribution >= 4 is 44.2 Å². The van der Waals surface area contributed by atoms with Crippen LogP contribution in [0.15, 0.2) is 54.7 Å². The number of H-pyrrole nitrogens is 1. The van der Waals surface area contributed by atoms with Crippen molar-refractivity contribution in [3.05, 3.63) is 60.4 Å². The van der Waals surface area contributed by atoms with Crippen molar-refractivity contribution in [3.8, 4) is 17.6 Å². The molecule has 0 aliphatic carbocycles. The number of ether oxygens (including phenoxy) is 1. The number of fused-ring (bicyclic) bond motifs is 2. The lowest BCUT2D eigenvalue weighted by atomic mass is 10.2. The van der Waals surface area contributed by atoms with Gasteiger partial charge in [0.15, 0.2) is 0 Å². The van der Waals surface area contributed by atoms with Gasteiger partial charge in [0, 0.05) is 29.2 Å². The maximum atomic E-state index is 11.8. The van der Waals surface area contributed by atoms with E-state index in [2.05, 4.69) is 56.2 Å². The number of likely N-dealkylation sites (tertiary alicyclic amines) is 1. The molecule has 32 heavy (non-hydrogen) atoms. The molecule has 1 atom stereocenters. The van der Waals surface area contributed by atoms with E-state index in [1.807, 2.05) is 18.2 Å². The first-order valence-corrected chi connectivity index (χ1v) is 11.2. The van der Waals surface area contributed by atoms with Crippen LogP contribution in [0.3, 0.4) is 0 Å². The minimum absolute atomic E-state index is 0.0428. The van der Waals surface area contributed by atoms with Gasteiger partial charge in [-0.05, 0) is 48.1 Å². The van der Waals surface area contributed by atoms with Gasteiger partial charge in [0.1, 0.15) is 30.1 Å². The van der Waals surface area contributed by atoms with Crippen LogP contribution in [-0.2, 0) is 4.79 Å². The number of amides is 1. The second kappa shape index (κ2) is 8.73. The standard InChI is InChI=1S/C24H21N5O2S/c1-2-22(30)29-10-8-17(14-29)28-24-19-13-16(27-23(19)25-15-26-24)5-4-11-31-20-6-3-7-21-18(20)9-12-32-21/h2-3,6-7,9,12-13,15,17H,1,8,10-11,14H2,(H2,25,26,27,28)/t17-/m1/s1. The molecular formula is C24H21N5O2S. The van der Waals surface area contributed by atoms with E-state index >= 15 is 0 Å². The number of nitrogens with one attached hydrogen (secondary N) is 2. The molecule has 1 aliphatic heterocycles. The van der Waals surface area contributed by atoms with Gasteiger partial charge in [0.2, 0.25) is 5.91 Å². The molecule has 0 radical (unpaired) electrons. The van der Waals surface area contributed by atoms with Crippen molar-refractivity contribution < 1.29 is 9.53 Å². The van der Waals surface area contributed by atoms with E-state index in [0.29, 0.717) is 18.7 Å². The van der Waals surface area contributed by atoms with Gasteiger partial charge in [0.05, 0.1) is 11.1 Å².